The van der Waals surface area contributed by atoms with Crippen molar-refractivity contribution in [1.82, 2.24) is 0 Å². The summed E-state index contributed by atoms with van der Waals surface area (Å²) in [5, 5.41) is 0. The zero-order valence-electron chi connectivity index (χ0n) is 16.1. The quantitative estimate of drug-likeness (QED) is 0.287. The molecule has 2 atom stereocenters. The van der Waals surface area contributed by atoms with Crippen LogP contribution in [0.5, 0.6) is 0 Å². The second-order valence-electron chi connectivity index (χ2n) is 6.56. The van der Waals surface area contributed by atoms with Crippen LogP contribution < -0.4 is 0 Å². The van der Waals surface area contributed by atoms with Gasteiger partial charge in [0.05, 0.1) is 0 Å². The first-order valence-corrected chi connectivity index (χ1v) is 8.88. The maximum atomic E-state index is 14.0. The van der Waals surface area contributed by atoms with Gasteiger partial charge < -0.3 is 0 Å². The van der Waals surface area contributed by atoms with E-state index in [4.69, 9.17) is 0 Å². The van der Waals surface area contributed by atoms with Gasteiger partial charge in [0.25, 0.3) is 0 Å². The molecule has 0 amide bonds. The minimum Gasteiger partial charge on any atom is -0.211 e. The van der Waals surface area contributed by atoms with Gasteiger partial charge in [0, 0.05) is 17.4 Å². The molecule has 0 N–H and O–H groups in total. The fraction of sp³-hybridized carbons (Fsp3) is 0.478. The van der Waals surface area contributed by atoms with Crippen LogP contribution in [0.4, 0.5) is 4.39 Å². The van der Waals surface area contributed by atoms with Crippen LogP contribution in [0.25, 0.3) is 0 Å². The normalized spacial score (nSPS) is 25.5. The van der Waals surface area contributed by atoms with E-state index >= 15 is 0 Å². The molecule has 1 heteroatoms. The third-order valence-corrected chi connectivity index (χ3v) is 4.71. The van der Waals surface area contributed by atoms with E-state index < -0.39 is 0 Å². The van der Waals surface area contributed by atoms with E-state index in [9.17, 15) is 4.39 Å². The Balaban J connectivity index is 3.13. The highest BCUT2D eigenvalue weighted by molar-refractivity contribution is 5.49. The van der Waals surface area contributed by atoms with Crippen molar-refractivity contribution in [3.05, 3.63) is 58.5 Å². The summed E-state index contributed by atoms with van der Waals surface area (Å²) in [6, 6.07) is 0. The molecule has 0 fully saturated rings. The predicted octanol–water partition coefficient (Wildman–Crippen LogP) is 7.08. The van der Waals surface area contributed by atoms with E-state index in [1.165, 1.54) is 18.1 Å². The number of hydrogen-bond donors (Lipinski definition) is 0. The molecule has 0 aromatic rings. The van der Waals surface area contributed by atoms with Gasteiger partial charge in [-0.05, 0) is 70.6 Å². The first kappa shape index (κ1) is 20.2. The third kappa shape index (κ3) is 5.38. The molecular formula is C23H31F. The van der Waals surface area contributed by atoms with Crippen molar-refractivity contribution in [3.8, 4) is 11.8 Å². The van der Waals surface area contributed by atoms with Crippen LogP contribution >= 0.6 is 0 Å². The van der Waals surface area contributed by atoms with Gasteiger partial charge in [-0.25, -0.2) is 4.39 Å². The molecule has 1 rings (SSSR count). The number of rotatable bonds is 5. The third-order valence-electron chi connectivity index (χ3n) is 4.71. The first-order chi connectivity index (χ1) is 11.3. The van der Waals surface area contributed by atoms with Gasteiger partial charge in [-0.2, -0.15) is 0 Å². The van der Waals surface area contributed by atoms with E-state index in [0.717, 1.165) is 30.4 Å². The molecule has 130 valence electrons. The summed E-state index contributed by atoms with van der Waals surface area (Å²) < 4.78 is 14.0. The van der Waals surface area contributed by atoms with E-state index in [-0.39, 0.29) is 11.7 Å². The summed E-state index contributed by atoms with van der Waals surface area (Å²) in [6.45, 7) is 15.8. The topological polar surface area (TPSA) is 0 Å². The van der Waals surface area contributed by atoms with Crippen LogP contribution in [-0.2, 0) is 0 Å². The molecule has 24 heavy (non-hydrogen) atoms. The number of allylic oxidation sites excluding steroid dienone is 9. The summed E-state index contributed by atoms with van der Waals surface area (Å²) in [4.78, 5) is 0. The molecule has 0 saturated heterocycles. The Morgan fingerprint density at radius 2 is 1.96 bits per heavy atom. The summed E-state index contributed by atoms with van der Waals surface area (Å²) in [5.41, 5.74) is 5.04. The first-order valence-electron chi connectivity index (χ1n) is 8.88. The standard InChI is InChI=1S/C23H31F/c1-8-16(3)21-11-10-12-22(18(5)13-14-21)15-19(6)23(20(7)24)17(4)9-2/h9,12,15,18,21H,3,8,10-11H2,1-2,4-7H3/b17-9-,19-15+,22-12-,23-20-. The Kier molecular flexibility index (Phi) is 7.99. The van der Waals surface area contributed by atoms with Crippen LogP contribution in [-0.4, -0.2) is 0 Å². The molecule has 0 spiro atoms. The Morgan fingerprint density at radius 1 is 1.29 bits per heavy atom. The SMILES string of the molecule is C=C(CC)C1C#CC(C)C(/C=C(C)/C(C(/C)=C\C)=C(/C)F)=C\CC1. The van der Waals surface area contributed by atoms with Crippen molar-refractivity contribution in [2.45, 2.75) is 60.8 Å². The number of hydrogen-bond acceptors (Lipinski definition) is 0. The Labute approximate surface area is 147 Å². The smallest absolute Gasteiger partial charge is 0.105 e. The van der Waals surface area contributed by atoms with Crippen molar-refractivity contribution in [2.24, 2.45) is 11.8 Å². The lowest BCUT2D eigenvalue weighted by molar-refractivity contribution is 0.631. The molecule has 0 bridgehead atoms. The lowest BCUT2D eigenvalue weighted by Gasteiger charge is -2.17. The number of halogens is 1. The van der Waals surface area contributed by atoms with Crippen LogP contribution in [0, 0.1) is 23.7 Å². The van der Waals surface area contributed by atoms with Crippen LogP contribution in [0.15, 0.2) is 58.5 Å². The van der Waals surface area contributed by atoms with Crippen LogP contribution in [0.1, 0.15) is 60.8 Å². The second-order valence-corrected chi connectivity index (χ2v) is 6.56. The molecule has 0 saturated carbocycles. The molecule has 0 aromatic carbocycles. The summed E-state index contributed by atoms with van der Waals surface area (Å²) in [7, 11) is 0. The van der Waals surface area contributed by atoms with E-state index in [2.05, 4.69) is 44.4 Å². The maximum Gasteiger partial charge on any atom is 0.105 e. The minimum atomic E-state index is -0.135. The molecule has 0 aliphatic heterocycles. The Bertz CT molecular complexity index is 652. The van der Waals surface area contributed by atoms with Crippen LogP contribution in [0.3, 0.4) is 0 Å². The van der Waals surface area contributed by atoms with Crippen molar-refractivity contribution in [1.29, 1.82) is 0 Å². The molecular weight excluding hydrogens is 295 g/mol. The predicted molar refractivity (Wildman–Crippen MR) is 104 cm³/mol. The lowest BCUT2D eigenvalue weighted by atomic mass is 9.87. The molecule has 0 nitrogen and oxygen atoms in total. The van der Waals surface area contributed by atoms with Gasteiger partial charge >= 0.3 is 0 Å². The van der Waals surface area contributed by atoms with Gasteiger partial charge in [0.15, 0.2) is 0 Å². The van der Waals surface area contributed by atoms with Gasteiger partial charge in [0.1, 0.15) is 5.83 Å². The molecule has 0 heterocycles. The van der Waals surface area contributed by atoms with E-state index in [0.29, 0.717) is 11.5 Å². The van der Waals surface area contributed by atoms with Crippen molar-refractivity contribution in [3.63, 3.8) is 0 Å². The zero-order valence-corrected chi connectivity index (χ0v) is 16.1. The average molecular weight is 326 g/mol. The highest BCUT2D eigenvalue weighted by atomic mass is 19.1. The summed E-state index contributed by atoms with van der Waals surface area (Å²) in [6.07, 6.45) is 9.29. The van der Waals surface area contributed by atoms with Crippen molar-refractivity contribution < 1.29 is 4.39 Å². The van der Waals surface area contributed by atoms with Crippen molar-refractivity contribution >= 4 is 0 Å². The Hall–Kier alpha value is -1.81. The zero-order chi connectivity index (χ0) is 18.3. The van der Waals surface area contributed by atoms with Gasteiger partial charge in [-0.1, -0.05) is 49.1 Å². The molecule has 0 aromatic heterocycles. The van der Waals surface area contributed by atoms with E-state index in [1.54, 1.807) is 0 Å². The maximum absolute atomic E-state index is 14.0. The summed E-state index contributed by atoms with van der Waals surface area (Å²) in [5.74, 6) is 7.08. The minimum absolute atomic E-state index is 0.135. The van der Waals surface area contributed by atoms with Gasteiger partial charge in [-0.15, -0.1) is 0 Å². The van der Waals surface area contributed by atoms with E-state index in [1.807, 2.05) is 26.8 Å². The second kappa shape index (κ2) is 9.48. The van der Waals surface area contributed by atoms with Crippen molar-refractivity contribution in [2.75, 3.05) is 0 Å². The monoisotopic (exact) mass is 326 g/mol. The average Bonchev–Trinajstić information content (AvgIpc) is 2.53. The fourth-order valence-corrected chi connectivity index (χ4v) is 3.03. The Morgan fingerprint density at radius 3 is 2.50 bits per heavy atom. The fourth-order valence-electron chi connectivity index (χ4n) is 3.03. The van der Waals surface area contributed by atoms with Gasteiger partial charge in [-0.3, -0.25) is 0 Å². The van der Waals surface area contributed by atoms with Gasteiger partial charge in [0.2, 0.25) is 0 Å². The highest BCUT2D eigenvalue weighted by Crippen LogP contribution is 2.28. The van der Waals surface area contributed by atoms with Crippen LogP contribution in [0.2, 0.25) is 0 Å². The highest BCUT2D eigenvalue weighted by Gasteiger charge is 2.14. The molecule has 0 radical (unpaired) electrons. The molecule has 2 unspecified atom stereocenters. The largest absolute Gasteiger partial charge is 0.211 e. The molecule has 1 aliphatic rings. The summed E-state index contributed by atoms with van der Waals surface area (Å²) >= 11 is 0. The lowest BCUT2D eigenvalue weighted by Crippen LogP contribution is -2.05. The molecule has 1 aliphatic carbocycles.